The van der Waals surface area contributed by atoms with Crippen molar-refractivity contribution >= 4 is 11.8 Å². The van der Waals surface area contributed by atoms with Gasteiger partial charge in [-0.15, -0.1) is 0 Å². The van der Waals surface area contributed by atoms with E-state index in [0.29, 0.717) is 19.4 Å². The van der Waals surface area contributed by atoms with Gasteiger partial charge in [-0.1, -0.05) is 37.3 Å². The quantitative estimate of drug-likeness (QED) is 0.839. The average Bonchev–Trinajstić information content (AvgIpc) is 3.01. The minimum absolute atomic E-state index is 0.0428. The number of benzene rings is 1. The number of carbonyl (C=O) groups is 2. The molecule has 2 rings (SSSR count). The average molecular weight is 304 g/mol. The highest BCUT2D eigenvalue weighted by Gasteiger charge is 2.30. The smallest absolute Gasteiger partial charge is 0.242 e. The van der Waals surface area contributed by atoms with E-state index >= 15 is 0 Å². The topological polar surface area (TPSA) is 69.6 Å². The summed E-state index contributed by atoms with van der Waals surface area (Å²) < 4.78 is 0. The number of hydrogen-bond donors (Lipinski definition) is 2. The first-order valence-corrected chi connectivity index (χ1v) is 7.91. The molecule has 2 amide bonds. The molecule has 2 N–H and O–H groups in total. The number of rotatable bonds is 6. The van der Waals surface area contributed by atoms with E-state index in [1.165, 1.54) is 0 Å². The summed E-state index contributed by atoms with van der Waals surface area (Å²) >= 11 is 0. The van der Waals surface area contributed by atoms with Crippen molar-refractivity contribution in [3.63, 3.8) is 0 Å². The zero-order valence-corrected chi connectivity index (χ0v) is 13.0. The van der Waals surface area contributed by atoms with Crippen LogP contribution in [0.4, 0.5) is 0 Å². The molecule has 1 heterocycles. The molecule has 1 aromatic carbocycles. The van der Waals surface area contributed by atoms with Gasteiger partial charge < -0.3 is 15.3 Å². The molecule has 1 aliphatic heterocycles. The van der Waals surface area contributed by atoms with Gasteiger partial charge in [0.2, 0.25) is 11.8 Å². The summed E-state index contributed by atoms with van der Waals surface area (Å²) in [6.07, 6.45) is 2.20. The van der Waals surface area contributed by atoms with Crippen LogP contribution in [0.5, 0.6) is 0 Å². The van der Waals surface area contributed by atoms with E-state index in [1.807, 2.05) is 30.3 Å². The molecular formula is C17H24N2O3. The Labute approximate surface area is 131 Å². The fraction of sp³-hybridized carbons (Fsp3) is 0.529. The van der Waals surface area contributed by atoms with E-state index < -0.39 is 6.10 Å². The van der Waals surface area contributed by atoms with E-state index in [0.717, 1.165) is 18.4 Å². The summed E-state index contributed by atoms with van der Waals surface area (Å²) in [5.74, 6) is -0.182. The predicted molar refractivity (Wildman–Crippen MR) is 84.1 cm³/mol. The van der Waals surface area contributed by atoms with Crippen LogP contribution in [0.15, 0.2) is 30.3 Å². The monoisotopic (exact) mass is 304 g/mol. The maximum atomic E-state index is 12.2. The fourth-order valence-electron chi connectivity index (χ4n) is 2.88. The number of aliphatic hydroxyl groups is 1. The molecule has 120 valence electrons. The summed E-state index contributed by atoms with van der Waals surface area (Å²) in [6.45, 7) is 2.51. The van der Waals surface area contributed by atoms with Crippen molar-refractivity contribution in [1.29, 1.82) is 0 Å². The Balaban J connectivity index is 1.90. The summed E-state index contributed by atoms with van der Waals surface area (Å²) in [4.78, 5) is 25.3. The van der Waals surface area contributed by atoms with E-state index in [9.17, 15) is 14.7 Å². The van der Waals surface area contributed by atoms with Crippen LogP contribution in [-0.4, -0.2) is 41.0 Å². The second-order valence-corrected chi connectivity index (χ2v) is 5.68. The molecule has 0 aliphatic carbocycles. The van der Waals surface area contributed by atoms with Gasteiger partial charge in [0.25, 0.3) is 0 Å². The van der Waals surface area contributed by atoms with Gasteiger partial charge in [0.15, 0.2) is 0 Å². The second kappa shape index (κ2) is 7.94. The number of nitrogens with zero attached hydrogens (tertiary/aromatic N) is 1. The molecule has 2 atom stereocenters. The van der Waals surface area contributed by atoms with Crippen molar-refractivity contribution in [3.05, 3.63) is 35.9 Å². The fourth-order valence-corrected chi connectivity index (χ4v) is 2.88. The van der Waals surface area contributed by atoms with Gasteiger partial charge in [0.1, 0.15) is 0 Å². The first-order chi connectivity index (χ1) is 10.6. The molecule has 22 heavy (non-hydrogen) atoms. The Hall–Kier alpha value is -1.88. The molecule has 0 bridgehead atoms. The summed E-state index contributed by atoms with van der Waals surface area (Å²) in [5.41, 5.74) is 0.876. The van der Waals surface area contributed by atoms with E-state index in [2.05, 4.69) is 5.32 Å². The highest BCUT2D eigenvalue weighted by molar-refractivity contribution is 5.84. The molecule has 5 nitrogen and oxygen atoms in total. The number of likely N-dealkylation sites (tertiary alicyclic amines) is 1. The van der Waals surface area contributed by atoms with Gasteiger partial charge in [-0.2, -0.15) is 0 Å². The van der Waals surface area contributed by atoms with E-state index in [-0.39, 0.29) is 24.4 Å². The number of carbonyl (C=O) groups excluding carboxylic acids is 2. The van der Waals surface area contributed by atoms with Crippen LogP contribution >= 0.6 is 0 Å². The standard InChI is InChI=1S/C17H24N2O3/c1-2-16(21)18-12-17(22)19-10-6-9-14(19)11-15(20)13-7-4-3-5-8-13/h3-5,7-8,14-15,20H,2,6,9-12H2,1H3,(H,18,21). The summed E-state index contributed by atoms with van der Waals surface area (Å²) in [6, 6.07) is 9.55. The van der Waals surface area contributed by atoms with Gasteiger partial charge in [-0.25, -0.2) is 0 Å². The molecule has 1 aliphatic rings. The van der Waals surface area contributed by atoms with Crippen LogP contribution in [-0.2, 0) is 9.59 Å². The lowest BCUT2D eigenvalue weighted by molar-refractivity contribution is -0.133. The van der Waals surface area contributed by atoms with Crippen LogP contribution in [0.25, 0.3) is 0 Å². The largest absolute Gasteiger partial charge is 0.388 e. The predicted octanol–water partition coefficient (Wildman–Crippen LogP) is 1.63. The van der Waals surface area contributed by atoms with Crippen LogP contribution in [0, 0.1) is 0 Å². The van der Waals surface area contributed by atoms with E-state index in [4.69, 9.17) is 0 Å². The third-order valence-electron chi connectivity index (χ3n) is 4.14. The molecule has 1 saturated heterocycles. The Morgan fingerprint density at radius 1 is 1.36 bits per heavy atom. The molecule has 0 aromatic heterocycles. The lowest BCUT2D eigenvalue weighted by atomic mass is 10.0. The third kappa shape index (κ3) is 4.31. The van der Waals surface area contributed by atoms with Crippen molar-refractivity contribution in [1.82, 2.24) is 10.2 Å². The second-order valence-electron chi connectivity index (χ2n) is 5.68. The van der Waals surface area contributed by atoms with Crippen LogP contribution in [0.3, 0.4) is 0 Å². The molecule has 1 fully saturated rings. The van der Waals surface area contributed by atoms with Crippen LogP contribution < -0.4 is 5.32 Å². The summed E-state index contributed by atoms with van der Waals surface area (Å²) in [5, 5.41) is 13.0. The number of aliphatic hydroxyl groups excluding tert-OH is 1. The summed E-state index contributed by atoms with van der Waals surface area (Å²) in [7, 11) is 0. The van der Waals surface area contributed by atoms with Crippen LogP contribution in [0.2, 0.25) is 0 Å². The lowest BCUT2D eigenvalue weighted by Gasteiger charge is -2.27. The lowest BCUT2D eigenvalue weighted by Crippen LogP contribution is -2.43. The van der Waals surface area contributed by atoms with Gasteiger partial charge >= 0.3 is 0 Å². The minimum atomic E-state index is -0.565. The molecule has 0 spiro atoms. The van der Waals surface area contributed by atoms with Gasteiger partial charge in [0, 0.05) is 19.0 Å². The Morgan fingerprint density at radius 3 is 2.77 bits per heavy atom. The zero-order valence-electron chi connectivity index (χ0n) is 13.0. The van der Waals surface area contributed by atoms with Crippen molar-refractivity contribution in [2.75, 3.05) is 13.1 Å². The van der Waals surface area contributed by atoms with Gasteiger partial charge in [0.05, 0.1) is 12.6 Å². The van der Waals surface area contributed by atoms with E-state index in [1.54, 1.807) is 11.8 Å². The number of nitrogens with one attached hydrogen (secondary N) is 1. The maximum Gasteiger partial charge on any atom is 0.242 e. The Bertz CT molecular complexity index is 504. The highest BCUT2D eigenvalue weighted by atomic mass is 16.3. The normalized spacial score (nSPS) is 19.0. The Morgan fingerprint density at radius 2 is 2.09 bits per heavy atom. The molecule has 0 radical (unpaired) electrons. The SMILES string of the molecule is CCC(=O)NCC(=O)N1CCCC1CC(O)c1ccccc1. The first kappa shape index (κ1) is 16.5. The molecule has 0 saturated carbocycles. The van der Waals surface area contributed by atoms with Crippen molar-refractivity contribution in [2.24, 2.45) is 0 Å². The highest BCUT2D eigenvalue weighted by Crippen LogP contribution is 2.27. The van der Waals surface area contributed by atoms with Gasteiger partial charge in [-0.05, 0) is 24.8 Å². The maximum absolute atomic E-state index is 12.2. The minimum Gasteiger partial charge on any atom is -0.388 e. The third-order valence-corrected chi connectivity index (χ3v) is 4.14. The molecular weight excluding hydrogens is 280 g/mol. The number of amides is 2. The number of hydrogen-bond acceptors (Lipinski definition) is 3. The van der Waals surface area contributed by atoms with Crippen molar-refractivity contribution < 1.29 is 14.7 Å². The first-order valence-electron chi connectivity index (χ1n) is 7.91. The van der Waals surface area contributed by atoms with Crippen molar-refractivity contribution in [3.8, 4) is 0 Å². The van der Waals surface area contributed by atoms with Crippen LogP contribution in [0.1, 0.15) is 44.3 Å². The molecule has 5 heteroatoms. The van der Waals surface area contributed by atoms with Gasteiger partial charge in [-0.3, -0.25) is 9.59 Å². The molecule has 1 aromatic rings. The zero-order chi connectivity index (χ0) is 15.9. The Kier molecular flexibility index (Phi) is 5.95. The molecule has 2 unspecified atom stereocenters. The van der Waals surface area contributed by atoms with Crippen molar-refractivity contribution in [2.45, 2.75) is 44.8 Å².